The van der Waals surface area contributed by atoms with Gasteiger partial charge in [-0.05, 0) is 37.7 Å². The summed E-state index contributed by atoms with van der Waals surface area (Å²) in [4.78, 5) is 37.5. The molecule has 0 saturated carbocycles. The molecule has 4 aromatic rings. The second-order valence-corrected chi connectivity index (χ2v) is 11.2. The molecule has 216 valence electrons. The highest BCUT2D eigenvalue weighted by Gasteiger charge is 2.35. The van der Waals surface area contributed by atoms with Gasteiger partial charge in [-0.25, -0.2) is 9.79 Å². The molecule has 2 aromatic heterocycles. The number of rotatable bonds is 7. The zero-order chi connectivity index (χ0) is 29.2. The van der Waals surface area contributed by atoms with Gasteiger partial charge in [0.25, 0.3) is 5.56 Å². The number of piperazine rings is 1. The molecule has 1 saturated heterocycles. The minimum atomic E-state index is -0.749. The molecule has 0 amide bonds. The number of esters is 1. The van der Waals surface area contributed by atoms with Gasteiger partial charge in [-0.3, -0.25) is 9.36 Å². The molecule has 0 aliphatic carbocycles. The average molecular weight is 585 g/mol. The second-order valence-electron chi connectivity index (χ2n) is 10.2. The number of carbonyl (C=O) groups excluding carboxylic acids is 1. The Labute approximate surface area is 247 Å². The van der Waals surface area contributed by atoms with Crippen LogP contribution >= 0.6 is 11.3 Å². The van der Waals surface area contributed by atoms with Crippen molar-refractivity contribution in [2.45, 2.75) is 13.0 Å². The molecule has 1 atom stereocenters. The molecule has 0 N–H and O–H groups in total. The zero-order valence-electron chi connectivity index (χ0n) is 23.8. The molecular formula is C32H32N4O5S. The minimum absolute atomic E-state index is 0.193. The fourth-order valence-electron chi connectivity index (χ4n) is 5.29. The van der Waals surface area contributed by atoms with E-state index >= 15 is 0 Å². The molecule has 0 unspecified atom stereocenters. The van der Waals surface area contributed by atoms with Crippen molar-refractivity contribution in [3.05, 3.63) is 109 Å². The number of ether oxygens (including phenoxy) is 2. The predicted octanol–water partition coefficient (Wildman–Crippen LogP) is 3.29. The van der Waals surface area contributed by atoms with E-state index in [-0.39, 0.29) is 12.2 Å². The van der Waals surface area contributed by atoms with Crippen molar-refractivity contribution in [1.29, 1.82) is 0 Å². The number of thiazole rings is 1. The van der Waals surface area contributed by atoms with Crippen LogP contribution in [0, 0.1) is 0 Å². The van der Waals surface area contributed by atoms with Gasteiger partial charge in [-0.15, -0.1) is 0 Å². The Morgan fingerprint density at radius 1 is 1.05 bits per heavy atom. The summed E-state index contributed by atoms with van der Waals surface area (Å²) < 4.78 is 19.1. The number of fused-ring (bicyclic) bond motifs is 1. The molecule has 6 rings (SSSR count). The van der Waals surface area contributed by atoms with Crippen LogP contribution in [0.1, 0.15) is 29.9 Å². The summed E-state index contributed by atoms with van der Waals surface area (Å²) in [6, 6.07) is 19.9. The molecule has 2 aromatic carbocycles. The van der Waals surface area contributed by atoms with E-state index in [1.165, 1.54) is 11.3 Å². The summed E-state index contributed by atoms with van der Waals surface area (Å²) in [6.07, 6.45) is 1.75. The van der Waals surface area contributed by atoms with Crippen molar-refractivity contribution in [2.24, 2.45) is 4.99 Å². The van der Waals surface area contributed by atoms with Gasteiger partial charge in [0.05, 0.1) is 35.6 Å². The van der Waals surface area contributed by atoms with Crippen LogP contribution in [0.3, 0.4) is 0 Å². The maximum atomic E-state index is 14.1. The van der Waals surface area contributed by atoms with E-state index in [9.17, 15) is 9.59 Å². The average Bonchev–Trinajstić information content (AvgIpc) is 3.61. The van der Waals surface area contributed by atoms with E-state index in [4.69, 9.17) is 18.9 Å². The maximum absolute atomic E-state index is 14.1. The Morgan fingerprint density at radius 2 is 1.79 bits per heavy atom. The van der Waals surface area contributed by atoms with Crippen LogP contribution in [0.4, 0.5) is 5.88 Å². The monoisotopic (exact) mass is 584 g/mol. The summed E-state index contributed by atoms with van der Waals surface area (Å²) in [5.41, 5.74) is 2.04. The number of aromatic nitrogens is 1. The number of methoxy groups -OCH3 is 1. The Morgan fingerprint density at radius 3 is 2.48 bits per heavy atom. The van der Waals surface area contributed by atoms with E-state index in [0.29, 0.717) is 32.1 Å². The Bertz CT molecular complexity index is 1800. The lowest BCUT2D eigenvalue weighted by Gasteiger charge is -2.32. The summed E-state index contributed by atoms with van der Waals surface area (Å²) in [6.45, 7) is 5.65. The number of furan rings is 1. The van der Waals surface area contributed by atoms with Gasteiger partial charge in [0.15, 0.2) is 10.7 Å². The number of hydrogen-bond acceptors (Lipinski definition) is 9. The van der Waals surface area contributed by atoms with Crippen LogP contribution in [-0.4, -0.2) is 62.4 Å². The van der Waals surface area contributed by atoms with E-state index in [2.05, 4.69) is 16.8 Å². The highest BCUT2D eigenvalue weighted by molar-refractivity contribution is 7.07. The lowest BCUT2D eigenvalue weighted by atomic mass is 9.93. The van der Waals surface area contributed by atoms with Gasteiger partial charge >= 0.3 is 5.97 Å². The predicted molar refractivity (Wildman–Crippen MR) is 162 cm³/mol. The summed E-state index contributed by atoms with van der Waals surface area (Å²) in [5, 5.41) is 0. The Hall–Kier alpha value is -4.41. The molecule has 2 aliphatic heterocycles. The Balaban J connectivity index is 1.51. The number of anilines is 1. The van der Waals surface area contributed by atoms with Crippen LogP contribution in [0.2, 0.25) is 0 Å². The van der Waals surface area contributed by atoms with E-state index < -0.39 is 12.0 Å². The first kappa shape index (κ1) is 27.7. The highest BCUT2D eigenvalue weighted by atomic mass is 32.1. The van der Waals surface area contributed by atoms with Gasteiger partial charge in [-0.2, -0.15) is 0 Å². The summed E-state index contributed by atoms with van der Waals surface area (Å²) >= 11 is 1.27. The molecule has 0 bridgehead atoms. The van der Waals surface area contributed by atoms with Crippen LogP contribution < -0.4 is 24.5 Å². The van der Waals surface area contributed by atoms with Crippen LogP contribution in [0.15, 0.2) is 86.5 Å². The zero-order valence-corrected chi connectivity index (χ0v) is 24.6. The van der Waals surface area contributed by atoms with Crippen LogP contribution in [-0.2, 0) is 9.53 Å². The normalized spacial score (nSPS) is 17.6. The maximum Gasteiger partial charge on any atom is 0.338 e. The molecule has 0 spiro atoms. The summed E-state index contributed by atoms with van der Waals surface area (Å²) in [7, 11) is 3.71. The number of likely N-dealkylation sites (N-methyl/N-ethyl adjacent to an activating group) is 1. The third-order valence-electron chi connectivity index (χ3n) is 7.51. The first-order valence-electron chi connectivity index (χ1n) is 13.9. The van der Waals surface area contributed by atoms with Crippen molar-refractivity contribution >= 4 is 35.0 Å². The van der Waals surface area contributed by atoms with Gasteiger partial charge in [-0.1, -0.05) is 53.8 Å². The standard InChI is InChI=1S/C32H32N4O5S/c1-4-40-31(38)27-28(21-8-6-5-7-9-21)33-32-36(29(27)22-10-12-23(39-3)13-11-22)30(37)25(42-32)20-24-14-15-26(41-24)35-18-16-34(2)17-19-35/h5-15,20,29H,4,16-19H2,1-3H3/b25-20+/t29-/m0/s1. The van der Waals surface area contributed by atoms with Crippen molar-refractivity contribution in [2.75, 3.05) is 51.8 Å². The van der Waals surface area contributed by atoms with Crippen LogP contribution in [0.5, 0.6) is 5.75 Å². The van der Waals surface area contributed by atoms with Crippen molar-refractivity contribution in [3.63, 3.8) is 0 Å². The first-order valence-corrected chi connectivity index (χ1v) is 14.7. The van der Waals surface area contributed by atoms with E-state index in [0.717, 1.165) is 43.2 Å². The van der Waals surface area contributed by atoms with Crippen molar-refractivity contribution < 1.29 is 18.7 Å². The van der Waals surface area contributed by atoms with Gasteiger partial charge in [0, 0.05) is 43.9 Å². The topological polar surface area (TPSA) is 89.5 Å². The molecule has 4 heterocycles. The van der Waals surface area contributed by atoms with E-state index in [1.807, 2.05) is 66.7 Å². The van der Waals surface area contributed by atoms with Crippen LogP contribution in [0.25, 0.3) is 11.8 Å². The van der Waals surface area contributed by atoms with Gasteiger partial charge < -0.3 is 23.7 Å². The first-order chi connectivity index (χ1) is 20.5. The third kappa shape index (κ3) is 5.31. The number of nitrogens with zero attached hydrogens (tertiary/aromatic N) is 4. The third-order valence-corrected chi connectivity index (χ3v) is 8.49. The highest BCUT2D eigenvalue weighted by Crippen LogP contribution is 2.35. The molecule has 1 fully saturated rings. The molecular weight excluding hydrogens is 552 g/mol. The fourth-order valence-corrected chi connectivity index (χ4v) is 6.27. The van der Waals surface area contributed by atoms with Crippen molar-refractivity contribution in [3.8, 4) is 5.75 Å². The molecule has 42 heavy (non-hydrogen) atoms. The fraction of sp³-hybridized carbons (Fsp3) is 0.281. The quantitative estimate of drug-likeness (QED) is 0.308. The number of hydrogen-bond donors (Lipinski definition) is 0. The second kappa shape index (κ2) is 11.8. The van der Waals surface area contributed by atoms with Crippen molar-refractivity contribution in [1.82, 2.24) is 9.47 Å². The smallest absolute Gasteiger partial charge is 0.338 e. The minimum Gasteiger partial charge on any atom is -0.497 e. The molecule has 0 radical (unpaired) electrons. The van der Waals surface area contributed by atoms with E-state index in [1.54, 1.807) is 24.7 Å². The Kier molecular flexibility index (Phi) is 7.82. The molecule has 2 aliphatic rings. The number of benzene rings is 2. The SMILES string of the molecule is CCOC(=O)C1=C(c2ccccc2)N=c2s/c(=C/c3ccc(N4CCN(C)CC4)o3)c(=O)n2[C@H]1c1ccc(OC)cc1. The molecule has 9 nitrogen and oxygen atoms in total. The lowest BCUT2D eigenvalue weighted by Crippen LogP contribution is -2.44. The summed E-state index contributed by atoms with van der Waals surface area (Å²) in [5.74, 6) is 1.53. The number of carbonyl (C=O) groups is 1. The largest absolute Gasteiger partial charge is 0.497 e. The van der Waals surface area contributed by atoms with Gasteiger partial charge in [0.1, 0.15) is 11.5 Å². The lowest BCUT2D eigenvalue weighted by molar-refractivity contribution is -0.138. The molecule has 10 heteroatoms. The van der Waals surface area contributed by atoms with Gasteiger partial charge in [0.2, 0.25) is 0 Å².